The van der Waals surface area contributed by atoms with Crippen molar-refractivity contribution in [2.24, 2.45) is 0 Å². The van der Waals surface area contributed by atoms with Gasteiger partial charge >= 0.3 is 5.97 Å². The van der Waals surface area contributed by atoms with E-state index in [-0.39, 0.29) is 17.0 Å². The lowest BCUT2D eigenvalue weighted by atomic mass is 10.2. The number of hydrogen-bond donors (Lipinski definition) is 1. The van der Waals surface area contributed by atoms with Crippen molar-refractivity contribution in [3.05, 3.63) is 70.8 Å². The van der Waals surface area contributed by atoms with Gasteiger partial charge in [0.15, 0.2) is 5.57 Å². The number of nitrogens with zero attached hydrogens (tertiary/aromatic N) is 3. The molecule has 8 nitrogen and oxygen atoms in total. The fourth-order valence-corrected chi connectivity index (χ4v) is 4.49. The maximum atomic E-state index is 13.1. The van der Waals surface area contributed by atoms with E-state index in [9.17, 15) is 24.9 Å². The number of ether oxygens (including phenoxy) is 1. The summed E-state index contributed by atoms with van der Waals surface area (Å²) < 4.78 is 5.24. The van der Waals surface area contributed by atoms with Gasteiger partial charge in [0, 0.05) is 12.1 Å². The number of para-hydroxylation sites is 1. The Bertz CT molecular complexity index is 1180. The van der Waals surface area contributed by atoms with Crippen LogP contribution < -0.4 is 10.2 Å². The van der Waals surface area contributed by atoms with E-state index in [2.05, 4.69) is 12.2 Å². The second-order valence-corrected chi connectivity index (χ2v) is 8.90. The summed E-state index contributed by atoms with van der Waals surface area (Å²) in [5, 5.41) is 21.1. The van der Waals surface area contributed by atoms with Crippen LogP contribution in [0.4, 0.5) is 11.4 Å². The first-order chi connectivity index (χ1) is 17.0. The standard InChI is InChI=1S/C26H24N4O4S/c1-2-3-7-14-34-26(33)18-10-12-21(13-11-18)30-23(31)15-22(25(30)32)35-24(19(16-27)17-28)29-20-8-5-4-6-9-20/h4-6,8-13,22,29H,2-3,7,14-15H2,1H3/t22-/m1/s1. The smallest absolute Gasteiger partial charge is 0.338 e. The summed E-state index contributed by atoms with van der Waals surface area (Å²) in [6.45, 7) is 2.41. The number of nitriles is 2. The molecule has 9 heteroatoms. The second kappa shape index (κ2) is 12.4. The zero-order valence-electron chi connectivity index (χ0n) is 19.2. The van der Waals surface area contributed by atoms with Crippen LogP contribution in [0.2, 0.25) is 0 Å². The third-order valence-corrected chi connectivity index (χ3v) is 6.38. The average Bonchev–Trinajstić information content (AvgIpc) is 3.15. The number of imide groups is 1. The van der Waals surface area contributed by atoms with Gasteiger partial charge < -0.3 is 10.1 Å². The molecule has 178 valence electrons. The minimum Gasteiger partial charge on any atom is -0.462 e. The number of benzene rings is 2. The molecule has 0 unspecified atom stereocenters. The number of carbonyl (C=O) groups is 3. The van der Waals surface area contributed by atoms with E-state index in [1.54, 1.807) is 24.3 Å². The number of hydrogen-bond acceptors (Lipinski definition) is 8. The molecule has 2 aromatic carbocycles. The van der Waals surface area contributed by atoms with E-state index in [1.807, 2.05) is 18.2 Å². The molecule has 2 amide bonds. The second-order valence-electron chi connectivity index (χ2n) is 7.69. The molecule has 2 aromatic rings. The van der Waals surface area contributed by atoms with Crippen molar-refractivity contribution in [3.8, 4) is 12.1 Å². The monoisotopic (exact) mass is 488 g/mol. The average molecular weight is 489 g/mol. The van der Waals surface area contributed by atoms with Crippen molar-refractivity contribution in [2.75, 3.05) is 16.8 Å². The molecule has 0 bridgehead atoms. The predicted molar refractivity (Wildman–Crippen MR) is 133 cm³/mol. The molecule has 1 N–H and O–H groups in total. The topological polar surface area (TPSA) is 123 Å². The highest BCUT2D eigenvalue weighted by Gasteiger charge is 2.41. The van der Waals surface area contributed by atoms with Gasteiger partial charge in [0.1, 0.15) is 17.2 Å². The van der Waals surface area contributed by atoms with Crippen molar-refractivity contribution in [1.29, 1.82) is 10.5 Å². The molecule has 0 spiro atoms. The largest absolute Gasteiger partial charge is 0.462 e. The number of thioether (sulfide) groups is 1. The Balaban J connectivity index is 1.72. The fourth-order valence-electron chi connectivity index (χ4n) is 3.39. The summed E-state index contributed by atoms with van der Waals surface area (Å²) in [5.74, 6) is -1.32. The molecule has 0 saturated carbocycles. The molecule has 35 heavy (non-hydrogen) atoms. The van der Waals surface area contributed by atoms with Crippen LogP contribution >= 0.6 is 11.8 Å². The van der Waals surface area contributed by atoms with Crippen LogP contribution in [0.3, 0.4) is 0 Å². The summed E-state index contributed by atoms with van der Waals surface area (Å²) >= 11 is 0.973. The number of unbranched alkanes of at least 4 members (excludes halogenated alkanes) is 2. The molecule has 3 rings (SSSR count). The van der Waals surface area contributed by atoms with Crippen molar-refractivity contribution in [3.63, 3.8) is 0 Å². The van der Waals surface area contributed by atoms with Gasteiger partial charge in [0.2, 0.25) is 11.8 Å². The molecule has 1 saturated heterocycles. The molecule has 1 heterocycles. The highest BCUT2D eigenvalue weighted by atomic mass is 32.2. The number of amides is 2. The normalized spacial score (nSPS) is 14.7. The van der Waals surface area contributed by atoms with Crippen molar-refractivity contribution in [1.82, 2.24) is 0 Å². The van der Waals surface area contributed by atoms with E-state index in [4.69, 9.17) is 4.74 Å². The van der Waals surface area contributed by atoms with Crippen LogP contribution in [0.25, 0.3) is 0 Å². The number of nitrogens with one attached hydrogen (secondary N) is 1. The van der Waals surface area contributed by atoms with Gasteiger partial charge in [-0.15, -0.1) is 0 Å². The van der Waals surface area contributed by atoms with E-state index in [0.717, 1.165) is 35.9 Å². The van der Waals surface area contributed by atoms with Crippen LogP contribution in [0.15, 0.2) is 65.2 Å². The van der Waals surface area contributed by atoms with Gasteiger partial charge in [-0.2, -0.15) is 10.5 Å². The van der Waals surface area contributed by atoms with Crippen molar-refractivity contribution in [2.45, 2.75) is 37.9 Å². The van der Waals surface area contributed by atoms with Gasteiger partial charge in [-0.1, -0.05) is 49.7 Å². The molecular formula is C26H24N4O4S. The third kappa shape index (κ3) is 6.50. The van der Waals surface area contributed by atoms with E-state index in [1.165, 1.54) is 24.3 Å². The summed E-state index contributed by atoms with van der Waals surface area (Å²) in [7, 11) is 0. The highest BCUT2D eigenvalue weighted by Crippen LogP contribution is 2.35. The van der Waals surface area contributed by atoms with E-state index in [0.29, 0.717) is 23.5 Å². The maximum Gasteiger partial charge on any atom is 0.338 e. The first-order valence-corrected chi connectivity index (χ1v) is 12.0. The fraction of sp³-hybridized carbons (Fsp3) is 0.269. The molecule has 0 radical (unpaired) electrons. The summed E-state index contributed by atoms with van der Waals surface area (Å²) in [4.78, 5) is 39.0. The summed E-state index contributed by atoms with van der Waals surface area (Å²) in [6, 6.07) is 18.7. The SMILES string of the molecule is CCCCCOC(=O)c1ccc(N2C(=O)C[C@@H](SC(Nc3ccccc3)=C(C#N)C#N)C2=O)cc1. The molecule has 1 aliphatic heterocycles. The Kier molecular flexibility index (Phi) is 9.05. The van der Waals surface area contributed by atoms with Crippen LogP contribution in [0.1, 0.15) is 43.0 Å². The molecule has 1 fully saturated rings. The number of anilines is 2. The first kappa shape index (κ1) is 25.5. The highest BCUT2D eigenvalue weighted by molar-refractivity contribution is 8.04. The van der Waals surface area contributed by atoms with E-state index >= 15 is 0 Å². The Morgan fingerprint density at radius 2 is 1.77 bits per heavy atom. The van der Waals surface area contributed by atoms with Gasteiger partial charge in [-0.3, -0.25) is 9.59 Å². The molecular weight excluding hydrogens is 464 g/mol. The van der Waals surface area contributed by atoms with Gasteiger partial charge in [0.05, 0.1) is 23.1 Å². The van der Waals surface area contributed by atoms with Crippen LogP contribution in [0.5, 0.6) is 0 Å². The molecule has 0 aromatic heterocycles. The van der Waals surface area contributed by atoms with Gasteiger partial charge in [-0.25, -0.2) is 9.69 Å². The Hall–Kier alpha value is -4.08. The number of carbonyl (C=O) groups excluding carboxylic acids is 3. The maximum absolute atomic E-state index is 13.1. The quantitative estimate of drug-likeness (QED) is 0.220. The van der Waals surface area contributed by atoms with Crippen LogP contribution in [-0.2, 0) is 14.3 Å². The van der Waals surface area contributed by atoms with Gasteiger partial charge in [0.25, 0.3) is 0 Å². The van der Waals surface area contributed by atoms with Crippen LogP contribution in [-0.4, -0.2) is 29.6 Å². The minimum atomic E-state index is -0.811. The lowest BCUT2D eigenvalue weighted by Crippen LogP contribution is -2.31. The van der Waals surface area contributed by atoms with Crippen molar-refractivity contribution >= 4 is 40.9 Å². The predicted octanol–water partition coefficient (Wildman–Crippen LogP) is 4.77. The van der Waals surface area contributed by atoms with Crippen molar-refractivity contribution < 1.29 is 19.1 Å². The third-order valence-electron chi connectivity index (χ3n) is 5.19. The number of esters is 1. The minimum absolute atomic E-state index is 0.0885. The summed E-state index contributed by atoms with van der Waals surface area (Å²) in [6.07, 6.45) is 2.71. The Morgan fingerprint density at radius 1 is 1.09 bits per heavy atom. The Labute approximate surface area is 208 Å². The zero-order valence-corrected chi connectivity index (χ0v) is 20.0. The summed E-state index contributed by atoms with van der Waals surface area (Å²) in [5.41, 5.74) is 1.14. The number of rotatable bonds is 10. The molecule has 1 atom stereocenters. The molecule has 0 aliphatic carbocycles. The zero-order chi connectivity index (χ0) is 25.2. The van der Waals surface area contributed by atoms with Gasteiger partial charge in [-0.05, 0) is 42.8 Å². The van der Waals surface area contributed by atoms with E-state index < -0.39 is 23.0 Å². The lowest BCUT2D eigenvalue weighted by molar-refractivity contribution is -0.121. The van der Waals surface area contributed by atoms with Crippen LogP contribution in [0, 0.1) is 22.7 Å². The first-order valence-electron chi connectivity index (χ1n) is 11.2. The molecule has 1 aliphatic rings. The number of allylic oxidation sites excluding steroid dienone is 1. The lowest BCUT2D eigenvalue weighted by Gasteiger charge is -2.16. The Morgan fingerprint density at radius 3 is 2.40 bits per heavy atom.